The number of hydrogen-bond donors (Lipinski definition) is 2. The molecule has 0 spiro atoms. The lowest BCUT2D eigenvalue weighted by molar-refractivity contribution is -0.385. The van der Waals surface area contributed by atoms with E-state index in [1.54, 1.807) is 4.90 Å². The highest BCUT2D eigenvalue weighted by molar-refractivity contribution is 7.89. The van der Waals surface area contributed by atoms with Crippen LogP contribution in [0.4, 0.5) is 5.69 Å². The van der Waals surface area contributed by atoms with Crippen LogP contribution in [0.2, 0.25) is 0 Å². The van der Waals surface area contributed by atoms with Crippen molar-refractivity contribution in [3.8, 4) is 0 Å². The molecule has 0 aromatic heterocycles. The average molecular weight is 489 g/mol. The number of piperidine rings is 1. The van der Waals surface area contributed by atoms with E-state index in [9.17, 15) is 28.1 Å². The number of benzene rings is 2. The van der Waals surface area contributed by atoms with Gasteiger partial charge in [0, 0.05) is 43.9 Å². The van der Waals surface area contributed by atoms with Crippen molar-refractivity contribution < 1.29 is 22.9 Å². The maximum absolute atomic E-state index is 12.9. The molecule has 3 rings (SSSR count). The number of sulfonamides is 1. The van der Waals surface area contributed by atoms with Gasteiger partial charge < -0.3 is 10.2 Å². The van der Waals surface area contributed by atoms with E-state index in [2.05, 4.69) is 10.0 Å². The van der Waals surface area contributed by atoms with Crippen molar-refractivity contribution in [3.63, 3.8) is 0 Å². The van der Waals surface area contributed by atoms with E-state index in [0.29, 0.717) is 31.5 Å². The highest BCUT2D eigenvalue weighted by Gasteiger charge is 2.29. The Labute approximate surface area is 198 Å². The molecule has 0 bridgehead atoms. The van der Waals surface area contributed by atoms with Crippen LogP contribution >= 0.6 is 0 Å². The molecule has 0 saturated carbocycles. The minimum atomic E-state index is -3.96. The summed E-state index contributed by atoms with van der Waals surface area (Å²) in [6.45, 7) is 4.73. The minimum Gasteiger partial charge on any atom is -0.354 e. The third-order valence-electron chi connectivity index (χ3n) is 5.60. The fourth-order valence-electron chi connectivity index (χ4n) is 4.02. The van der Waals surface area contributed by atoms with Crippen molar-refractivity contribution in [3.05, 3.63) is 69.3 Å². The second-order valence-electron chi connectivity index (χ2n) is 8.41. The Morgan fingerprint density at radius 2 is 1.82 bits per heavy atom. The van der Waals surface area contributed by atoms with Crippen molar-refractivity contribution in [2.75, 3.05) is 26.2 Å². The van der Waals surface area contributed by atoms with E-state index in [0.717, 1.165) is 17.2 Å². The number of nitro groups is 1. The predicted octanol–water partition coefficient (Wildman–Crippen LogP) is 2.16. The average Bonchev–Trinajstić information content (AvgIpc) is 2.80. The van der Waals surface area contributed by atoms with Gasteiger partial charge in [-0.2, -0.15) is 0 Å². The molecular formula is C23H28N4O6S. The monoisotopic (exact) mass is 488 g/mol. The zero-order valence-electron chi connectivity index (χ0n) is 19.1. The lowest BCUT2D eigenvalue weighted by Gasteiger charge is -2.32. The molecule has 34 heavy (non-hydrogen) atoms. The van der Waals surface area contributed by atoms with Crippen molar-refractivity contribution in [1.82, 2.24) is 14.9 Å². The van der Waals surface area contributed by atoms with Gasteiger partial charge in [0.15, 0.2) is 0 Å². The van der Waals surface area contributed by atoms with Gasteiger partial charge in [0.2, 0.25) is 15.9 Å². The van der Waals surface area contributed by atoms with Crippen LogP contribution in [0, 0.1) is 29.9 Å². The van der Waals surface area contributed by atoms with Crippen molar-refractivity contribution in [2.45, 2.75) is 31.6 Å². The number of aryl methyl sites for hydroxylation is 2. The maximum Gasteiger partial charge on any atom is 0.270 e. The summed E-state index contributed by atoms with van der Waals surface area (Å²) >= 11 is 0. The zero-order valence-corrected chi connectivity index (χ0v) is 19.9. The van der Waals surface area contributed by atoms with Crippen LogP contribution in [0.5, 0.6) is 0 Å². The molecular weight excluding hydrogens is 460 g/mol. The molecule has 182 valence electrons. The third kappa shape index (κ3) is 6.39. The predicted molar refractivity (Wildman–Crippen MR) is 126 cm³/mol. The largest absolute Gasteiger partial charge is 0.354 e. The van der Waals surface area contributed by atoms with Gasteiger partial charge in [0.1, 0.15) is 0 Å². The maximum atomic E-state index is 12.9. The van der Waals surface area contributed by atoms with Gasteiger partial charge in [-0.25, -0.2) is 13.1 Å². The Bertz CT molecular complexity index is 1180. The van der Waals surface area contributed by atoms with Gasteiger partial charge in [0.25, 0.3) is 11.6 Å². The number of carbonyl (C=O) groups is 2. The van der Waals surface area contributed by atoms with Crippen LogP contribution in [0.15, 0.2) is 47.4 Å². The van der Waals surface area contributed by atoms with Gasteiger partial charge in [-0.1, -0.05) is 23.3 Å². The number of hydrogen-bond acceptors (Lipinski definition) is 6. The Balaban J connectivity index is 1.51. The second-order valence-corrected chi connectivity index (χ2v) is 10.2. The number of carbonyl (C=O) groups excluding carboxylic acids is 2. The topological polar surface area (TPSA) is 139 Å². The second kappa shape index (κ2) is 10.7. The smallest absolute Gasteiger partial charge is 0.270 e. The SMILES string of the molecule is Cc1cc(C)cc(C(=O)N2CCCC(C(=O)NCCNS(=O)(=O)c3cccc([N+](=O)[O-])c3)C2)c1. The molecule has 2 N–H and O–H groups in total. The molecule has 10 nitrogen and oxygen atoms in total. The first-order valence-corrected chi connectivity index (χ1v) is 12.4. The number of nitrogens with one attached hydrogen (secondary N) is 2. The van der Waals surface area contributed by atoms with E-state index < -0.39 is 14.9 Å². The number of non-ortho nitro benzene ring substituents is 1. The lowest BCUT2D eigenvalue weighted by atomic mass is 9.96. The molecule has 1 heterocycles. The van der Waals surface area contributed by atoms with Crippen LogP contribution in [-0.2, 0) is 14.8 Å². The molecule has 0 aliphatic carbocycles. The number of nitrogens with zero attached hydrogens (tertiary/aromatic N) is 2. The summed E-state index contributed by atoms with van der Waals surface area (Å²) < 4.78 is 27.1. The number of rotatable bonds is 8. The van der Waals surface area contributed by atoms with E-state index >= 15 is 0 Å². The summed E-state index contributed by atoms with van der Waals surface area (Å²) in [5.74, 6) is -0.724. The molecule has 1 atom stereocenters. The molecule has 1 unspecified atom stereocenters. The summed E-state index contributed by atoms with van der Waals surface area (Å²) in [6, 6.07) is 10.4. The zero-order chi connectivity index (χ0) is 24.9. The van der Waals surface area contributed by atoms with Gasteiger partial charge in [-0.05, 0) is 44.9 Å². The summed E-state index contributed by atoms with van der Waals surface area (Å²) in [5, 5.41) is 13.6. The first kappa shape index (κ1) is 25.3. The quantitative estimate of drug-likeness (QED) is 0.332. The summed E-state index contributed by atoms with van der Waals surface area (Å²) in [5.41, 5.74) is 2.28. The molecule has 11 heteroatoms. The van der Waals surface area contributed by atoms with Gasteiger partial charge in [-0.15, -0.1) is 0 Å². The number of nitro benzene ring substituents is 1. The summed E-state index contributed by atoms with van der Waals surface area (Å²) in [4.78, 5) is 37.2. The molecule has 2 aromatic carbocycles. The van der Waals surface area contributed by atoms with Gasteiger partial charge in [-0.3, -0.25) is 19.7 Å². The van der Waals surface area contributed by atoms with Crippen molar-refractivity contribution >= 4 is 27.5 Å². The lowest BCUT2D eigenvalue weighted by Crippen LogP contribution is -2.46. The van der Waals surface area contributed by atoms with Crippen LogP contribution in [-0.4, -0.2) is 56.2 Å². The fourth-order valence-corrected chi connectivity index (χ4v) is 5.09. The first-order chi connectivity index (χ1) is 16.1. The molecule has 1 fully saturated rings. The van der Waals surface area contributed by atoms with E-state index in [1.807, 2.05) is 32.0 Å². The van der Waals surface area contributed by atoms with Crippen LogP contribution in [0.3, 0.4) is 0 Å². The van der Waals surface area contributed by atoms with Crippen molar-refractivity contribution in [2.24, 2.45) is 5.92 Å². The third-order valence-corrected chi connectivity index (χ3v) is 7.06. The van der Waals surface area contributed by atoms with Crippen LogP contribution < -0.4 is 10.0 Å². The Hall–Kier alpha value is -3.31. The first-order valence-electron chi connectivity index (χ1n) is 11.0. The molecule has 1 aliphatic heterocycles. The molecule has 1 aliphatic rings. The minimum absolute atomic E-state index is 0.0501. The normalized spacial score (nSPS) is 16.2. The van der Waals surface area contributed by atoms with Crippen LogP contribution in [0.1, 0.15) is 34.3 Å². The molecule has 1 saturated heterocycles. The molecule has 2 amide bonds. The van der Waals surface area contributed by atoms with Gasteiger partial charge >= 0.3 is 0 Å². The van der Waals surface area contributed by atoms with E-state index in [4.69, 9.17) is 0 Å². The fraction of sp³-hybridized carbons (Fsp3) is 0.391. The molecule has 0 radical (unpaired) electrons. The highest BCUT2D eigenvalue weighted by atomic mass is 32.2. The standard InChI is InChI=1S/C23H28N4O6S/c1-16-11-17(2)13-19(12-16)23(29)26-10-4-5-18(15-26)22(28)24-8-9-25-34(32,33)21-7-3-6-20(14-21)27(30)31/h3,6-7,11-14,18,25H,4-5,8-10,15H2,1-2H3,(H,24,28). The summed E-state index contributed by atoms with van der Waals surface area (Å²) in [7, 11) is -3.96. The number of amides is 2. The Kier molecular flexibility index (Phi) is 8.00. The van der Waals surface area contributed by atoms with E-state index in [1.165, 1.54) is 18.2 Å². The van der Waals surface area contributed by atoms with E-state index in [-0.39, 0.29) is 41.4 Å². The van der Waals surface area contributed by atoms with Gasteiger partial charge in [0.05, 0.1) is 15.7 Å². The Morgan fingerprint density at radius 3 is 2.50 bits per heavy atom. The summed E-state index contributed by atoms with van der Waals surface area (Å²) in [6.07, 6.45) is 1.34. The molecule has 2 aromatic rings. The highest BCUT2D eigenvalue weighted by Crippen LogP contribution is 2.20. The number of likely N-dealkylation sites (tertiary alicyclic amines) is 1. The van der Waals surface area contributed by atoms with Crippen molar-refractivity contribution in [1.29, 1.82) is 0 Å². The Morgan fingerprint density at radius 1 is 1.12 bits per heavy atom. The van der Waals surface area contributed by atoms with Crippen LogP contribution in [0.25, 0.3) is 0 Å².